The highest BCUT2D eigenvalue weighted by Gasteiger charge is 2.35. The summed E-state index contributed by atoms with van der Waals surface area (Å²) in [5.74, 6) is 1.11. The highest BCUT2D eigenvalue weighted by molar-refractivity contribution is 5.91. The number of rotatable bonds is 5. The zero-order valence-corrected chi connectivity index (χ0v) is 13.9. The van der Waals surface area contributed by atoms with Gasteiger partial charge in [-0.25, -0.2) is 0 Å². The lowest BCUT2D eigenvalue weighted by atomic mass is 9.72. The lowest BCUT2D eigenvalue weighted by Crippen LogP contribution is -2.43. The van der Waals surface area contributed by atoms with Crippen LogP contribution in [-0.2, 0) is 5.41 Å². The summed E-state index contributed by atoms with van der Waals surface area (Å²) in [6.45, 7) is 6.09. The van der Waals surface area contributed by atoms with Crippen molar-refractivity contribution < 1.29 is 9.94 Å². The van der Waals surface area contributed by atoms with Crippen LogP contribution in [0.3, 0.4) is 0 Å². The van der Waals surface area contributed by atoms with Gasteiger partial charge in [0.2, 0.25) is 0 Å². The van der Waals surface area contributed by atoms with E-state index < -0.39 is 5.41 Å². The number of benzene rings is 1. The molecule has 0 radical (unpaired) electrons. The van der Waals surface area contributed by atoms with Crippen molar-refractivity contribution in [3.8, 4) is 16.9 Å². The van der Waals surface area contributed by atoms with E-state index in [1.807, 2.05) is 37.3 Å². The van der Waals surface area contributed by atoms with Crippen LogP contribution in [0.4, 0.5) is 0 Å². The van der Waals surface area contributed by atoms with Crippen molar-refractivity contribution in [1.82, 2.24) is 4.98 Å². The molecule has 0 saturated heterocycles. The van der Waals surface area contributed by atoms with Gasteiger partial charge in [-0.2, -0.15) is 0 Å². The minimum Gasteiger partial charge on any atom is -0.495 e. The molecule has 5 heteroatoms. The normalized spacial score (nSPS) is 14.6. The summed E-state index contributed by atoms with van der Waals surface area (Å²) in [6, 6.07) is 9.97. The zero-order valence-electron chi connectivity index (χ0n) is 13.9. The van der Waals surface area contributed by atoms with Gasteiger partial charge in [0, 0.05) is 11.8 Å². The minimum atomic E-state index is -0.528. The summed E-state index contributed by atoms with van der Waals surface area (Å²) < 4.78 is 5.21. The molecule has 1 unspecified atom stereocenters. The molecule has 0 amide bonds. The van der Waals surface area contributed by atoms with Gasteiger partial charge >= 0.3 is 0 Å². The maximum Gasteiger partial charge on any atom is 0.149 e. The first-order valence-electron chi connectivity index (χ1n) is 7.51. The van der Waals surface area contributed by atoms with E-state index >= 15 is 0 Å². The molecule has 23 heavy (non-hydrogen) atoms. The van der Waals surface area contributed by atoms with Gasteiger partial charge < -0.3 is 15.7 Å². The molecule has 2 rings (SSSR count). The maximum absolute atomic E-state index is 9.11. The predicted octanol–water partition coefficient (Wildman–Crippen LogP) is 3.42. The van der Waals surface area contributed by atoms with Gasteiger partial charge in [0.15, 0.2) is 0 Å². The van der Waals surface area contributed by atoms with E-state index in [9.17, 15) is 0 Å². The van der Waals surface area contributed by atoms with Crippen LogP contribution in [0.2, 0.25) is 0 Å². The van der Waals surface area contributed by atoms with Gasteiger partial charge in [0.1, 0.15) is 11.6 Å². The molecule has 1 heterocycles. The van der Waals surface area contributed by atoms with Crippen LogP contribution in [0.15, 0.2) is 47.9 Å². The van der Waals surface area contributed by atoms with Crippen LogP contribution >= 0.6 is 0 Å². The SMILES string of the molecule is COc1cncc(-c2ccc(C(C)(C(N)=NO)C(C)C)cc2)c1. The number of ether oxygens (including phenoxy) is 1. The molecule has 0 aliphatic rings. The van der Waals surface area contributed by atoms with Gasteiger partial charge in [0.05, 0.1) is 18.7 Å². The van der Waals surface area contributed by atoms with Gasteiger partial charge in [-0.15, -0.1) is 0 Å². The summed E-state index contributed by atoms with van der Waals surface area (Å²) in [5.41, 5.74) is 8.43. The number of pyridine rings is 1. The van der Waals surface area contributed by atoms with E-state index in [4.69, 9.17) is 15.7 Å². The quantitative estimate of drug-likeness (QED) is 0.383. The maximum atomic E-state index is 9.11. The topological polar surface area (TPSA) is 80.7 Å². The number of methoxy groups -OCH3 is 1. The molecule has 0 aliphatic carbocycles. The molecule has 0 bridgehead atoms. The largest absolute Gasteiger partial charge is 0.495 e. The van der Waals surface area contributed by atoms with Crippen LogP contribution in [0.1, 0.15) is 26.3 Å². The summed E-state index contributed by atoms with van der Waals surface area (Å²) >= 11 is 0. The second-order valence-corrected chi connectivity index (χ2v) is 6.03. The monoisotopic (exact) mass is 313 g/mol. The average molecular weight is 313 g/mol. The van der Waals surface area contributed by atoms with E-state index in [-0.39, 0.29) is 11.8 Å². The van der Waals surface area contributed by atoms with Crippen molar-refractivity contribution >= 4 is 5.84 Å². The van der Waals surface area contributed by atoms with E-state index in [1.54, 1.807) is 19.5 Å². The number of hydrogen-bond donors (Lipinski definition) is 2. The van der Waals surface area contributed by atoms with Crippen LogP contribution in [0, 0.1) is 5.92 Å². The van der Waals surface area contributed by atoms with Gasteiger partial charge in [-0.1, -0.05) is 43.3 Å². The molecule has 1 aromatic carbocycles. The Labute approximate surface area is 136 Å². The van der Waals surface area contributed by atoms with Crippen molar-refractivity contribution in [2.75, 3.05) is 7.11 Å². The smallest absolute Gasteiger partial charge is 0.149 e. The Hall–Kier alpha value is -2.56. The van der Waals surface area contributed by atoms with E-state index in [0.717, 1.165) is 22.4 Å². The van der Waals surface area contributed by atoms with Crippen molar-refractivity contribution in [1.29, 1.82) is 0 Å². The number of nitrogens with zero attached hydrogens (tertiary/aromatic N) is 2. The molecule has 0 fully saturated rings. The first-order valence-corrected chi connectivity index (χ1v) is 7.51. The van der Waals surface area contributed by atoms with Crippen molar-refractivity contribution in [2.24, 2.45) is 16.8 Å². The predicted molar refractivity (Wildman–Crippen MR) is 91.8 cm³/mol. The Morgan fingerprint density at radius 3 is 2.39 bits per heavy atom. The Bertz CT molecular complexity index is 696. The Balaban J connectivity index is 2.42. The molecule has 1 aromatic heterocycles. The minimum absolute atomic E-state index is 0.183. The highest BCUT2D eigenvalue weighted by Crippen LogP contribution is 2.34. The van der Waals surface area contributed by atoms with Crippen LogP contribution in [-0.4, -0.2) is 23.1 Å². The number of hydrogen-bond acceptors (Lipinski definition) is 4. The van der Waals surface area contributed by atoms with Crippen LogP contribution < -0.4 is 10.5 Å². The molecule has 0 spiro atoms. The number of aromatic nitrogens is 1. The zero-order chi connectivity index (χ0) is 17.0. The van der Waals surface area contributed by atoms with Crippen LogP contribution in [0.5, 0.6) is 5.75 Å². The fourth-order valence-electron chi connectivity index (χ4n) is 2.58. The molecule has 0 saturated carbocycles. The molecule has 1 atom stereocenters. The highest BCUT2D eigenvalue weighted by atomic mass is 16.5. The van der Waals surface area contributed by atoms with Gasteiger partial charge in [0.25, 0.3) is 0 Å². The second kappa shape index (κ2) is 6.69. The summed E-state index contributed by atoms with van der Waals surface area (Å²) in [6.07, 6.45) is 3.47. The summed E-state index contributed by atoms with van der Waals surface area (Å²) in [7, 11) is 1.62. The molecule has 122 valence electrons. The summed E-state index contributed by atoms with van der Waals surface area (Å²) in [4.78, 5) is 4.18. The number of amidine groups is 1. The summed E-state index contributed by atoms with van der Waals surface area (Å²) in [5, 5.41) is 12.3. The first-order chi connectivity index (χ1) is 10.9. The molecule has 2 aromatic rings. The molecule has 5 nitrogen and oxygen atoms in total. The van der Waals surface area contributed by atoms with E-state index in [0.29, 0.717) is 0 Å². The second-order valence-electron chi connectivity index (χ2n) is 6.03. The third-order valence-electron chi connectivity index (χ3n) is 4.56. The fraction of sp³-hybridized carbons (Fsp3) is 0.333. The number of nitrogens with two attached hydrogens (primary N) is 1. The van der Waals surface area contributed by atoms with Gasteiger partial charge in [-0.3, -0.25) is 4.98 Å². The third-order valence-corrected chi connectivity index (χ3v) is 4.56. The lowest BCUT2D eigenvalue weighted by molar-refractivity contribution is 0.306. The van der Waals surface area contributed by atoms with Crippen LogP contribution in [0.25, 0.3) is 11.1 Å². The Morgan fingerprint density at radius 1 is 1.22 bits per heavy atom. The standard InChI is InChI=1S/C18H23N3O2/c1-12(2)18(3,17(19)21-22)15-7-5-13(6-8-15)14-9-16(23-4)11-20-10-14/h5-12,22H,1-4H3,(H2,19,21). The number of oxime groups is 1. The van der Waals surface area contributed by atoms with Crippen molar-refractivity contribution in [3.63, 3.8) is 0 Å². The molecular formula is C18H23N3O2. The first kappa shape index (κ1) is 16.8. The van der Waals surface area contributed by atoms with Crippen molar-refractivity contribution in [3.05, 3.63) is 48.3 Å². The van der Waals surface area contributed by atoms with Gasteiger partial charge in [-0.05, 0) is 30.0 Å². The lowest BCUT2D eigenvalue weighted by Gasteiger charge is -2.33. The third kappa shape index (κ3) is 3.13. The van der Waals surface area contributed by atoms with E-state index in [1.165, 1.54) is 0 Å². The Morgan fingerprint density at radius 2 is 1.87 bits per heavy atom. The molecule has 3 N–H and O–H groups in total. The Kier molecular flexibility index (Phi) is 4.89. The average Bonchev–Trinajstić information content (AvgIpc) is 2.60. The molecular weight excluding hydrogens is 290 g/mol. The fourth-order valence-corrected chi connectivity index (χ4v) is 2.58. The van der Waals surface area contributed by atoms with E-state index in [2.05, 4.69) is 24.0 Å². The van der Waals surface area contributed by atoms with Crippen molar-refractivity contribution in [2.45, 2.75) is 26.2 Å². The molecule has 0 aliphatic heterocycles.